The molecule has 0 spiro atoms. The molecule has 0 aliphatic heterocycles. The van der Waals surface area contributed by atoms with Gasteiger partial charge in [-0.25, -0.2) is 4.98 Å². The third kappa shape index (κ3) is 3.99. The fourth-order valence-electron chi connectivity index (χ4n) is 1.83. The molecule has 0 amide bonds. The molecule has 21 heavy (non-hydrogen) atoms. The maximum absolute atomic E-state index is 12.1. The number of hydrogen-bond donors (Lipinski definition) is 1. The smallest absolute Gasteiger partial charge is 0.214 e. The number of hydrogen-bond acceptors (Lipinski definition) is 5. The second kappa shape index (κ2) is 6.19. The molecule has 0 unspecified atom stereocenters. The van der Waals surface area contributed by atoms with Gasteiger partial charge in [-0.2, -0.15) is 0 Å². The van der Waals surface area contributed by atoms with Gasteiger partial charge in [0.15, 0.2) is 0 Å². The summed E-state index contributed by atoms with van der Waals surface area (Å²) in [6, 6.07) is 10.9. The molecule has 1 heterocycles. The summed E-state index contributed by atoms with van der Waals surface area (Å²) in [6.45, 7) is 3.65. The predicted octanol–water partition coefficient (Wildman–Crippen LogP) is 2.50. The van der Waals surface area contributed by atoms with E-state index >= 15 is 0 Å². The zero-order valence-corrected chi connectivity index (χ0v) is 13.3. The van der Waals surface area contributed by atoms with Crippen LogP contribution in [0.3, 0.4) is 0 Å². The first kappa shape index (κ1) is 15.4. The monoisotopic (exact) mass is 306 g/mol. The van der Waals surface area contributed by atoms with E-state index in [0.717, 1.165) is 11.3 Å². The van der Waals surface area contributed by atoms with Crippen LogP contribution in [-0.4, -0.2) is 25.4 Å². The van der Waals surface area contributed by atoms with Crippen molar-refractivity contribution in [3.63, 3.8) is 0 Å². The SMILES string of the molecule is COc1ccc(COc2ccc(N)c(P(C)(C)=O)n2)cc1. The highest BCUT2D eigenvalue weighted by Gasteiger charge is 2.17. The molecule has 1 aromatic heterocycles. The molecule has 2 aromatic rings. The van der Waals surface area contributed by atoms with Gasteiger partial charge in [0, 0.05) is 6.07 Å². The second-order valence-corrected chi connectivity index (χ2v) is 8.18. The maximum atomic E-state index is 12.1. The number of ether oxygens (including phenoxy) is 2. The quantitative estimate of drug-likeness (QED) is 0.859. The topological polar surface area (TPSA) is 74.4 Å². The summed E-state index contributed by atoms with van der Waals surface area (Å²) in [4.78, 5) is 4.26. The summed E-state index contributed by atoms with van der Waals surface area (Å²) >= 11 is 0. The number of nitrogens with zero attached hydrogens (tertiary/aromatic N) is 1. The van der Waals surface area contributed by atoms with Gasteiger partial charge in [0.05, 0.1) is 12.8 Å². The predicted molar refractivity (Wildman–Crippen MR) is 85.1 cm³/mol. The van der Waals surface area contributed by atoms with Crippen molar-refractivity contribution in [3.05, 3.63) is 42.0 Å². The Morgan fingerprint density at radius 1 is 1.14 bits per heavy atom. The van der Waals surface area contributed by atoms with Crippen LogP contribution in [0.15, 0.2) is 36.4 Å². The summed E-state index contributed by atoms with van der Waals surface area (Å²) in [5.41, 5.74) is 7.65. The van der Waals surface area contributed by atoms with Crippen molar-refractivity contribution >= 4 is 18.3 Å². The molecule has 0 fully saturated rings. The van der Waals surface area contributed by atoms with E-state index in [1.165, 1.54) is 0 Å². The molecule has 0 saturated carbocycles. The summed E-state index contributed by atoms with van der Waals surface area (Å²) in [5, 5.41) is 0. The van der Waals surface area contributed by atoms with E-state index in [1.807, 2.05) is 24.3 Å². The minimum atomic E-state index is -2.52. The van der Waals surface area contributed by atoms with Gasteiger partial charge in [-0.3, -0.25) is 0 Å². The molecule has 0 aliphatic carbocycles. The highest BCUT2D eigenvalue weighted by atomic mass is 31.2. The lowest BCUT2D eigenvalue weighted by Crippen LogP contribution is -2.15. The normalized spacial score (nSPS) is 11.2. The minimum Gasteiger partial charge on any atom is -0.497 e. The molecule has 0 atom stereocenters. The molecule has 5 nitrogen and oxygen atoms in total. The molecule has 0 saturated heterocycles. The van der Waals surface area contributed by atoms with Crippen LogP contribution in [0, 0.1) is 0 Å². The van der Waals surface area contributed by atoms with E-state index in [2.05, 4.69) is 4.98 Å². The summed E-state index contributed by atoms with van der Waals surface area (Å²) < 4.78 is 22.9. The number of nitrogens with two attached hydrogens (primary N) is 1. The Labute approximate surface area is 124 Å². The zero-order valence-electron chi connectivity index (χ0n) is 12.4. The molecule has 2 N–H and O–H groups in total. The van der Waals surface area contributed by atoms with E-state index in [-0.39, 0.29) is 0 Å². The largest absolute Gasteiger partial charge is 0.497 e. The molecule has 0 aliphatic rings. The first-order valence-corrected chi connectivity index (χ1v) is 9.08. The van der Waals surface area contributed by atoms with Crippen LogP contribution in [0.2, 0.25) is 0 Å². The lowest BCUT2D eigenvalue weighted by molar-refractivity contribution is 0.294. The fourth-order valence-corrected chi connectivity index (χ4v) is 2.87. The molecule has 2 rings (SSSR count). The third-order valence-corrected chi connectivity index (χ3v) is 4.31. The number of nitrogen functional groups attached to an aromatic ring is 1. The van der Waals surface area contributed by atoms with Gasteiger partial charge < -0.3 is 19.8 Å². The number of methoxy groups -OCH3 is 1. The number of pyridine rings is 1. The molecular weight excluding hydrogens is 287 g/mol. The average Bonchev–Trinajstić information content (AvgIpc) is 2.45. The zero-order chi connectivity index (χ0) is 15.5. The second-order valence-electron chi connectivity index (χ2n) is 5.05. The fraction of sp³-hybridized carbons (Fsp3) is 0.267. The van der Waals surface area contributed by atoms with Crippen molar-refractivity contribution in [2.24, 2.45) is 0 Å². The Balaban J connectivity index is 2.11. The van der Waals surface area contributed by atoms with Gasteiger partial charge in [0.1, 0.15) is 24.9 Å². The van der Waals surface area contributed by atoms with Crippen LogP contribution >= 0.6 is 7.14 Å². The standard InChI is InChI=1S/C15H19N2O3P/c1-19-12-6-4-11(5-7-12)10-20-14-9-8-13(16)15(17-14)21(2,3)18/h4-9H,10,16H2,1-3H3. The van der Waals surface area contributed by atoms with Gasteiger partial charge in [-0.1, -0.05) is 12.1 Å². The van der Waals surface area contributed by atoms with Crippen molar-refractivity contribution in [1.82, 2.24) is 4.98 Å². The van der Waals surface area contributed by atoms with Crippen molar-refractivity contribution in [2.75, 3.05) is 26.2 Å². The number of anilines is 1. The Bertz CT molecular complexity index is 665. The van der Waals surface area contributed by atoms with E-state index in [4.69, 9.17) is 15.2 Å². The van der Waals surface area contributed by atoms with Gasteiger partial charge >= 0.3 is 0 Å². The van der Waals surface area contributed by atoms with Crippen molar-refractivity contribution in [2.45, 2.75) is 6.61 Å². The van der Waals surface area contributed by atoms with Crippen molar-refractivity contribution in [1.29, 1.82) is 0 Å². The first-order chi connectivity index (χ1) is 9.90. The average molecular weight is 306 g/mol. The molecule has 0 bridgehead atoms. The Morgan fingerprint density at radius 3 is 2.38 bits per heavy atom. The Kier molecular flexibility index (Phi) is 4.53. The summed E-state index contributed by atoms with van der Waals surface area (Å²) in [6.07, 6.45) is 0. The van der Waals surface area contributed by atoms with Gasteiger partial charge in [-0.15, -0.1) is 0 Å². The number of benzene rings is 1. The molecule has 112 valence electrons. The van der Waals surface area contributed by atoms with Gasteiger partial charge in [0.2, 0.25) is 5.88 Å². The maximum Gasteiger partial charge on any atom is 0.214 e. The number of aromatic nitrogens is 1. The van der Waals surface area contributed by atoms with Crippen LogP contribution in [0.1, 0.15) is 5.56 Å². The highest BCUT2D eigenvalue weighted by Crippen LogP contribution is 2.36. The molecular formula is C15H19N2O3P. The molecule has 1 aromatic carbocycles. The van der Waals surface area contributed by atoms with E-state index in [0.29, 0.717) is 23.6 Å². The van der Waals surface area contributed by atoms with Gasteiger partial charge in [0.25, 0.3) is 0 Å². The lowest BCUT2D eigenvalue weighted by atomic mass is 10.2. The summed E-state index contributed by atoms with van der Waals surface area (Å²) in [7, 11) is -0.897. The Hall–Kier alpha value is -2.00. The highest BCUT2D eigenvalue weighted by molar-refractivity contribution is 7.70. The number of rotatable bonds is 5. The first-order valence-electron chi connectivity index (χ1n) is 6.48. The molecule has 0 radical (unpaired) electrons. The molecule has 6 heteroatoms. The van der Waals surface area contributed by atoms with E-state index in [1.54, 1.807) is 32.6 Å². The van der Waals surface area contributed by atoms with Crippen LogP contribution in [0.5, 0.6) is 11.6 Å². The van der Waals surface area contributed by atoms with Crippen LogP contribution in [0.25, 0.3) is 0 Å². The summed E-state index contributed by atoms with van der Waals surface area (Å²) in [5.74, 6) is 1.21. The Morgan fingerprint density at radius 2 is 1.81 bits per heavy atom. The third-order valence-electron chi connectivity index (χ3n) is 2.94. The van der Waals surface area contributed by atoms with Crippen LogP contribution in [0.4, 0.5) is 5.69 Å². The van der Waals surface area contributed by atoms with E-state index in [9.17, 15) is 4.57 Å². The van der Waals surface area contributed by atoms with Crippen molar-refractivity contribution < 1.29 is 14.0 Å². The minimum absolute atomic E-state index is 0.373. The van der Waals surface area contributed by atoms with Crippen LogP contribution in [-0.2, 0) is 11.2 Å². The van der Waals surface area contributed by atoms with Crippen LogP contribution < -0.4 is 20.6 Å². The van der Waals surface area contributed by atoms with Crippen molar-refractivity contribution in [3.8, 4) is 11.6 Å². The van der Waals surface area contributed by atoms with Gasteiger partial charge in [-0.05, 0) is 37.1 Å². The lowest BCUT2D eigenvalue weighted by Gasteiger charge is -2.12. The van der Waals surface area contributed by atoms with E-state index < -0.39 is 7.14 Å².